The maximum Gasteiger partial charge on any atom is 0.309 e. The van der Waals surface area contributed by atoms with E-state index in [1.54, 1.807) is 6.92 Å². The van der Waals surface area contributed by atoms with Gasteiger partial charge in [-0.25, -0.2) is 0 Å². The Bertz CT molecular complexity index is 1750. The number of hydrogen-bond acceptors (Lipinski definition) is 10. The molecule has 348 valence electrons. The molecule has 5 aliphatic heterocycles. The molecule has 62 heavy (non-hydrogen) atoms. The minimum Gasteiger partial charge on any atom is -0.481 e. The smallest absolute Gasteiger partial charge is 0.309 e. The van der Waals surface area contributed by atoms with Gasteiger partial charge in [-0.1, -0.05) is 79.7 Å². The topological polar surface area (TPSA) is 165 Å². The molecular formula is C49H76N2O10S. The van der Waals surface area contributed by atoms with E-state index in [4.69, 9.17) is 35.9 Å². The van der Waals surface area contributed by atoms with E-state index < -0.39 is 76.8 Å². The maximum absolute atomic E-state index is 14.7. The fraction of sp³-hybridized carbons (Fsp3) is 0.776. The van der Waals surface area contributed by atoms with E-state index in [1.807, 2.05) is 77.1 Å². The molecule has 0 amide bonds. The highest BCUT2D eigenvalue weighted by Gasteiger charge is 2.63. The Balaban J connectivity index is 1.24. The van der Waals surface area contributed by atoms with E-state index in [9.17, 15) is 24.9 Å². The molecular weight excluding hydrogens is 809 g/mol. The molecule has 5 N–H and O–H groups in total. The second-order valence-electron chi connectivity index (χ2n) is 19.9. The molecule has 12 nitrogen and oxygen atoms in total. The standard InChI is InChI=1S/C49H76N2O10S/c1-11-35(44(54)55)37-20-19-28(4)42(58-37)32(8)40(52)31(7)41(53)36(12-2)43-29(5)27-30(6)48(59-43)24-21-38(51-45(62)50-34-17-15-14-16-18-34)49(61-48)26-25-46(10,60-49)39-22-23-47(56,13-3)33(9)57-39/h14-18,21,24,28-33,35-40,42-43,52,56H,11-13,19-20,22-23,25-27H2,1-10H3,(H,54,55)(H2,50,51,62)/t28-,29-,30+,31-,32-,33-,35+,36-,37+,38-,39+,40+,42+,43-,46-,47+,48-,49-/m0/s1. The van der Waals surface area contributed by atoms with Crippen LogP contribution >= 0.6 is 12.2 Å². The first-order chi connectivity index (χ1) is 29.3. The summed E-state index contributed by atoms with van der Waals surface area (Å²) in [6, 6.07) is 9.22. The van der Waals surface area contributed by atoms with Gasteiger partial charge in [0.25, 0.3) is 0 Å². The van der Waals surface area contributed by atoms with E-state index in [1.165, 1.54) is 0 Å². The van der Waals surface area contributed by atoms with Gasteiger partial charge in [0, 0.05) is 35.8 Å². The first-order valence-electron chi connectivity index (χ1n) is 23.6. The van der Waals surface area contributed by atoms with Crippen molar-refractivity contribution in [2.45, 2.75) is 199 Å². The molecule has 0 aromatic heterocycles. The predicted octanol–water partition coefficient (Wildman–Crippen LogP) is 8.18. The molecule has 1 aromatic rings. The molecule has 1 aromatic carbocycles. The Hall–Kier alpha value is -2.49. The summed E-state index contributed by atoms with van der Waals surface area (Å²) in [7, 11) is 0. The third-order valence-corrected chi connectivity index (χ3v) is 16.0. The Morgan fingerprint density at radius 2 is 1.60 bits per heavy atom. The minimum atomic E-state index is -1.23. The monoisotopic (exact) mass is 885 g/mol. The van der Waals surface area contributed by atoms with Crippen molar-refractivity contribution in [2.75, 3.05) is 5.32 Å². The molecule has 5 heterocycles. The van der Waals surface area contributed by atoms with Gasteiger partial charge < -0.3 is 49.6 Å². The number of ether oxygens (including phenoxy) is 5. The summed E-state index contributed by atoms with van der Waals surface area (Å²) < 4.78 is 34.9. The first-order valence-corrected chi connectivity index (χ1v) is 24.0. The molecule has 0 aliphatic carbocycles. The van der Waals surface area contributed by atoms with E-state index in [0.29, 0.717) is 56.5 Å². The number of anilines is 1. The van der Waals surface area contributed by atoms with Crippen molar-refractivity contribution in [1.29, 1.82) is 0 Å². The number of aliphatic hydroxyl groups is 2. The third-order valence-electron chi connectivity index (χ3n) is 15.8. The second-order valence-corrected chi connectivity index (χ2v) is 20.3. The third kappa shape index (κ3) is 9.71. The summed E-state index contributed by atoms with van der Waals surface area (Å²) in [5.74, 6) is -5.67. The van der Waals surface area contributed by atoms with Crippen LogP contribution in [-0.2, 0) is 33.3 Å². The molecule has 0 radical (unpaired) electrons. The molecule has 4 fully saturated rings. The van der Waals surface area contributed by atoms with Crippen LogP contribution in [0.2, 0.25) is 0 Å². The SMILES string of the molecule is CC[C@@H](C(=O)[C@@H](C)[C@@H](O)[C@H](C)[C@@H]1O[C@@H]([C@@H](CC)C(=O)O)CC[C@@H]1C)[C@H]1O[C@]2(C=C[C@H](NC(=S)Nc3ccccc3)[C@]3(CC[C@@](C)([C@H]4CC[C@](O)(CC)[C@H](C)O4)O3)O2)[C@H](C)C[C@@H]1C. The Morgan fingerprint density at radius 3 is 2.23 bits per heavy atom. The molecule has 6 rings (SSSR count). The molecule has 18 atom stereocenters. The van der Waals surface area contributed by atoms with E-state index in [0.717, 1.165) is 18.5 Å². The van der Waals surface area contributed by atoms with E-state index in [-0.39, 0.29) is 41.8 Å². The summed E-state index contributed by atoms with van der Waals surface area (Å²) in [6.07, 6.45) is 7.16. The highest BCUT2D eigenvalue weighted by Crippen LogP contribution is 2.54. The van der Waals surface area contributed by atoms with Crippen LogP contribution in [0.5, 0.6) is 0 Å². The minimum absolute atomic E-state index is 0.00592. The van der Waals surface area contributed by atoms with Crippen molar-refractivity contribution < 1.29 is 48.6 Å². The lowest BCUT2D eigenvalue weighted by atomic mass is 9.72. The number of carboxylic acids is 1. The summed E-state index contributed by atoms with van der Waals surface area (Å²) in [4.78, 5) is 26.7. The van der Waals surface area contributed by atoms with Crippen LogP contribution < -0.4 is 10.6 Å². The second kappa shape index (κ2) is 19.5. The van der Waals surface area contributed by atoms with Gasteiger partial charge in [-0.15, -0.1) is 0 Å². The molecule has 0 unspecified atom stereocenters. The average Bonchev–Trinajstić information content (AvgIpc) is 3.59. The van der Waals surface area contributed by atoms with Crippen molar-refractivity contribution in [3.63, 3.8) is 0 Å². The Labute approximate surface area is 375 Å². The zero-order valence-electron chi connectivity index (χ0n) is 38.8. The molecule has 0 saturated carbocycles. The van der Waals surface area contributed by atoms with Crippen LogP contribution in [0.4, 0.5) is 5.69 Å². The van der Waals surface area contributed by atoms with Crippen LogP contribution in [0.15, 0.2) is 42.5 Å². The van der Waals surface area contributed by atoms with Gasteiger partial charge in [0.2, 0.25) is 0 Å². The van der Waals surface area contributed by atoms with Gasteiger partial charge in [0.1, 0.15) is 11.8 Å². The number of carboxylic acid groups (broad SMARTS) is 1. The van der Waals surface area contributed by atoms with Crippen molar-refractivity contribution in [3.05, 3.63) is 42.5 Å². The number of rotatable bonds is 14. The number of benzene rings is 1. The number of nitrogens with one attached hydrogen (secondary N) is 2. The lowest BCUT2D eigenvalue weighted by Crippen LogP contribution is -2.66. The molecule has 5 aliphatic rings. The summed E-state index contributed by atoms with van der Waals surface area (Å²) in [6.45, 7) is 19.9. The zero-order chi connectivity index (χ0) is 45.4. The lowest BCUT2D eigenvalue weighted by Gasteiger charge is -2.55. The van der Waals surface area contributed by atoms with Gasteiger partial charge in [-0.2, -0.15) is 0 Å². The predicted molar refractivity (Wildman–Crippen MR) is 242 cm³/mol. The zero-order valence-corrected chi connectivity index (χ0v) is 39.6. The first kappa shape index (κ1) is 49.0. The molecule has 4 saturated heterocycles. The highest BCUT2D eigenvalue weighted by molar-refractivity contribution is 7.80. The van der Waals surface area contributed by atoms with Crippen LogP contribution in [0.25, 0.3) is 0 Å². The van der Waals surface area contributed by atoms with Crippen LogP contribution in [0, 0.1) is 41.4 Å². The summed E-state index contributed by atoms with van der Waals surface area (Å²) in [5.41, 5.74) is -0.790. The Morgan fingerprint density at radius 1 is 0.903 bits per heavy atom. The number of carbonyl (C=O) groups is 2. The number of ketones is 1. The number of aliphatic carboxylic acids is 1. The van der Waals surface area contributed by atoms with E-state index >= 15 is 0 Å². The van der Waals surface area contributed by atoms with E-state index in [2.05, 4.69) is 38.3 Å². The number of aliphatic hydroxyl groups excluding tert-OH is 1. The van der Waals surface area contributed by atoms with Crippen LogP contribution in [-0.4, -0.2) is 97.6 Å². The van der Waals surface area contributed by atoms with Gasteiger partial charge >= 0.3 is 5.97 Å². The Kier molecular flexibility index (Phi) is 15.4. The summed E-state index contributed by atoms with van der Waals surface area (Å²) >= 11 is 5.86. The fourth-order valence-corrected chi connectivity index (χ4v) is 11.7. The van der Waals surface area contributed by atoms with Crippen molar-refractivity contribution in [1.82, 2.24) is 5.32 Å². The number of hydrogen-bond donors (Lipinski definition) is 5. The number of thiocarbonyl (C=S) groups is 1. The lowest BCUT2D eigenvalue weighted by molar-refractivity contribution is -0.397. The molecule has 13 heteroatoms. The highest BCUT2D eigenvalue weighted by atomic mass is 32.1. The van der Waals surface area contributed by atoms with Gasteiger partial charge in [-0.05, 0) is 114 Å². The van der Waals surface area contributed by atoms with Gasteiger partial charge in [0.15, 0.2) is 16.7 Å². The quantitative estimate of drug-likeness (QED) is 0.0899. The van der Waals surface area contributed by atoms with Gasteiger partial charge in [-0.3, -0.25) is 9.59 Å². The number of para-hydroxylation sites is 1. The van der Waals surface area contributed by atoms with Crippen molar-refractivity contribution >= 4 is 34.8 Å². The normalized spacial score (nSPS) is 40.9. The average molecular weight is 885 g/mol. The van der Waals surface area contributed by atoms with Gasteiger partial charge in [0.05, 0.1) is 53.7 Å². The van der Waals surface area contributed by atoms with Crippen molar-refractivity contribution in [3.8, 4) is 0 Å². The maximum atomic E-state index is 14.7. The van der Waals surface area contributed by atoms with Crippen LogP contribution in [0.1, 0.15) is 133 Å². The van der Waals surface area contributed by atoms with Crippen LogP contribution in [0.3, 0.4) is 0 Å². The molecule has 2 spiro atoms. The largest absolute Gasteiger partial charge is 0.481 e. The number of Topliss-reactive ketones (excluding diaryl/α,β-unsaturated/α-hetero) is 1. The fourth-order valence-electron chi connectivity index (χ4n) is 11.5. The molecule has 0 bridgehead atoms. The number of carbonyl (C=O) groups excluding carboxylic acids is 1. The van der Waals surface area contributed by atoms with Crippen molar-refractivity contribution in [2.24, 2.45) is 41.4 Å². The summed E-state index contributed by atoms with van der Waals surface area (Å²) in [5, 5.41) is 40.2.